The lowest BCUT2D eigenvalue weighted by atomic mass is 10.1. The van der Waals surface area contributed by atoms with Gasteiger partial charge < -0.3 is 5.32 Å². The number of anilines is 1. The summed E-state index contributed by atoms with van der Waals surface area (Å²) in [5.74, 6) is -2.15. The number of nitro benzene ring substituents is 1. The highest BCUT2D eigenvalue weighted by Crippen LogP contribution is 2.21. The smallest absolute Gasteiger partial charge is 0.272 e. The number of carbonyl (C=O) groups excluding carboxylic acids is 1. The number of carbonyl (C=O) groups is 1. The number of benzene rings is 2. The van der Waals surface area contributed by atoms with Crippen LogP contribution in [0.2, 0.25) is 0 Å². The molecule has 2 rings (SSSR count). The first kappa shape index (κ1) is 14.6. The first-order valence-electron chi connectivity index (χ1n) is 5.90. The van der Waals surface area contributed by atoms with Gasteiger partial charge in [-0.05, 0) is 31.2 Å². The maximum absolute atomic E-state index is 13.4. The summed E-state index contributed by atoms with van der Waals surface area (Å²) in [7, 11) is 0. The van der Waals surface area contributed by atoms with Gasteiger partial charge in [0.2, 0.25) is 0 Å². The molecule has 1 N–H and O–H groups in total. The minimum Gasteiger partial charge on any atom is -0.319 e. The van der Waals surface area contributed by atoms with Crippen molar-refractivity contribution in [2.45, 2.75) is 6.92 Å². The largest absolute Gasteiger partial charge is 0.319 e. The van der Waals surface area contributed by atoms with E-state index in [9.17, 15) is 23.7 Å². The molecule has 0 bridgehead atoms. The number of nitro groups is 1. The van der Waals surface area contributed by atoms with Crippen LogP contribution in [0.4, 0.5) is 20.2 Å². The van der Waals surface area contributed by atoms with Crippen LogP contribution in [0.15, 0.2) is 36.4 Å². The predicted molar refractivity (Wildman–Crippen MR) is 72.1 cm³/mol. The van der Waals surface area contributed by atoms with Crippen molar-refractivity contribution in [1.29, 1.82) is 0 Å². The third-order valence-electron chi connectivity index (χ3n) is 2.83. The molecule has 21 heavy (non-hydrogen) atoms. The normalized spacial score (nSPS) is 10.2. The van der Waals surface area contributed by atoms with Gasteiger partial charge in [-0.25, -0.2) is 8.78 Å². The zero-order chi connectivity index (χ0) is 15.6. The molecule has 0 aliphatic carbocycles. The summed E-state index contributed by atoms with van der Waals surface area (Å²) in [6.07, 6.45) is 0. The molecule has 0 aliphatic rings. The molecule has 2 aromatic carbocycles. The first-order valence-corrected chi connectivity index (χ1v) is 5.90. The highest BCUT2D eigenvalue weighted by Gasteiger charge is 2.15. The number of nitrogens with zero attached hydrogens (tertiary/aromatic N) is 1. The van der Waals surface area contributed by atoms with E-state index in [1.807, 2.05) is 0 Å². The van der Waals surface area contributed by atoms with Crippen LogP contribution in [-0.2, 0) is 0 Å². The standard InChI is InChI=1S/C14H10F2N2O3/c1-8-6-9(2-5-13(8)18(20)21)14(19)17-12-7-10(15)3-4-11(12)16/h2-7H,1H3,(H,17,19). The van der Waals surface area contributed by atoms with Crippen molar-refractivity contribution in [2.24, 2.45) is 0 Å². The summed E-state index contributed by atoms with van der Waals surface area (Å²) in [4.78, 5) is 22.1. The summed E-state index contributed by atoms with van der Waals surface area (Å²) in [5.41, 5.74) is -0.00591. The lowest BCUT2D eigenvalue weighted by Gasteiger charge is -2.07. The molecule has 0 aromatic heterocycles. The van der Waals surface area contributed by atoms with E-state index in [1.165, 1.54) is 25.1 Å². The molecule has 2 aromatic rings. The Balaban J connectivity index is 2.26. The molecule has 0 spiro atoms. The fraction of sp³-hybridized carbons (Fsp3) is 0.0714. The third kappa shape index (κ3) is 3.19. The van der Waals surface area contributed by atoms with Crippen molar-refractivity contribution in [1.82, 2.24) is 0 Å². The minimum absolute atomic E-state index is 0.113. The maximum atomic E-state index is 13.4. The quantitative estimate of drug-likeness (QED) is 0.695. The van der Waals surface area contributed by atoms with Crippen LogP contribution in [0.25, 0.3) is 0 Å². The van der Waals surface area contributed by atoms with Crippen molar-refractivity contribution in [3.05, 3.63) is 69.3 Å². The number of halogens is 2. The summed E-state index contributed by atoms with van der Waals surface area (Å²) < 4.78 is 26.4. The van der Waals surface area contributed by atoms with Crippen LogP contribution in [-0.4, -0.2) is 10.8 Å². The molecule has 0 fully saturated rings. The molecule has 1 amide bonds. The molecule has 0 aliphatic heterocycles. The molecule has 0 radical (unpaired) electrons. The molecular weight excluding hydrogens is 282 g/mol. The number of amides is 1. The maximum Gasteiger partial charge on any atom is 0.272 e. The van der Waals surface area contributed by atoms with Crippen LogP contribution in [0.3, 0.4) is 0 Å². The Hall–Kier alpha value is -2.83. The molecule has 0 unspecified atom stereocenters. The zero-order valence-electron chi connectivity index (χ0n) is 10.9. The fourth-order valence-corrected chi connectivity index (χ4v) is 1.79. The van der Waals surface area contributed by atoms with Gasteiger partial charge in [0.15, 0.2) is 0 Å². The van der Waals surface area contributed by atoms with Crippen molar-refractivity contribution in [3.63, 3.8) is 0 Å². The third-order valence-corrected chi connectivity index (χ3v) is 2.83. The Labute approximate surface area is 118 Å². The fourth-order valence-electron chi connectivity index (χ4n) is 1.79. The van der Waals surface area contributed by atoms with E-state index in [0.717, 1.165) is 18.2 Å². The van der Waals surface area contributed by atoms with Gasteiger partial charge in [0, 0.05) is 23.3 Å². The van der Waals surface area contributed by atoms with E-state index in [2.05, 4.69) is 5.32 Å². The highest BCUT2D eigenvalue weighted by atomic mass is 19.1. The summed E-state index contributed by atoms with van der Waals surface area (Å²) in [5, 5.41) is 12.9. The van der Waals surface area contributed by atoms with Gasteiger partial charge in [-0.1, -0.05) is 0 Å². The summed E-state index contributed by atoms with van der Waals surface area (Å²) in [6.45, 7) is 1.48. The molecule has 7 heteroatoms. The van der Waals surface area contributed by atoms with E-state index in [4.69, 9.17) is 0 Å². The molecule has 0 saturated heterocycles. The number of hydrogen-bond acceptors (Lipinski definition) is 3. The average Bonchev–Trinajstić information content (AvgIpc) is 2.42. The van der Waals surface area contributed by atoms with Crippen molar-refractivity contribution >= 4 is 17.3 Å². The monoisotopic (exact) mass is 292 g/mol. The second-order valence-corrected chi connectivity index (χ2v) is 4.34. The number of nitrogens with one attached hydrogen (secondary N) is 1. The van der Waals surface area contributed by atoms with Crippen LogP contribution >= 0.6 is 0 Å². The lowest BCUT2D eigenvalue weighted by Crippen LogP contribution is -2.13. The average molecular weight is 292 g/mol. The summed E-state index contributed by atoms with van der Waals surface area (Å²) >= 11 is 0. The summed E-state index contributed by atoms with van der Waals surface area (Å²) in [6, 6.07) is 6.42. The molecule has 0 atom stereocenters. The van der Waals surface area contributed by atoms with E-state index >= 15 is 0 Å². The van der Waals surface area contributed by atoms with Crippen LogP contribution in [0.5, 0.6) is 0 Å². The second kappa shape index (κ2) is 5.66. The second-order valence-electron chi connectivity index (χ2n) is 4.34. The Morgan fingerprint density at radius 2 is 1.90 bits per heavy atom. The van der Waals surface area contributed by atoms with Crippen molar-refractivity contribution < 1.29 is 18.5 Å². The van der Waals surface area contributed by atoms with Gasteiger partial charge in [0.05, 0.1) is 10.6 Å². The van der Waals surface area contributed by atoms with Crippen molar-refractivity contribution in [3.8, 4) is 0 Å². The number of aryl methyl sites for hydroxylation is 1. The van der Waals surface area contributed by atoms with Gasteiger partial charge in [-0.3, -0.25) is 14.9 Å². The SMILES string of the molecule is Cc1cc(C(=O)Nc2cc(F)ccc2F)ccc1[N+](=O)[O-]. The van der Waals surface area contributed by atoms with Gasteiger partial charge in [0.25, 0.3) is 11.6 Å². The molecular formula is C14H10F2N2O3. The van der Waals surface area contributed by atoms with Gasteiger partial charge in [0.1, 0.15) is 11.6 Å². The van der Waals surface area contributed by atoms with Gasteiger partial charge >= 0.3 is 0 Å². The Morgan fingerprint density at radius 1 is 1.19 bits per heavy atom. The van der Waals surface area contributed by atoms with Crippen LogP contribution < -0.4 is 5.32 Å². The van der Waals surface area contributed by atoms with E-state index in [-0.39, 0.29) is 16.9 Å². The first-order chi connectivity index (χ1) is 9.88. The molecule has 5 nitrogen and oxygen atoms in total. The van der Waals surface area contributed by atoms with Crippen molar-refractivity contribution in [2.75, 3.05) is 5.32 Å². The number of hydrogen-bond donors (Lipinski definition) is 1. The Kier molecular flexibility index (Phi) is 3.93. The topological polar surface area (TPSA) is 72.2 Å². The highest BCUT2D eigenvalue weighted by molar-refractivity contribution is 6.04. The lowest BCUT2D eigenvalue weighted by molar-refractivity contribution is -0.385. The molecule has 0 heterocycles. The van der Waals surface area contributed by atoms with Crippen LogP contribution in [0, 0.1) is 28.7 Å². The minimum atomic E-state index is -0.775. The molecule has 108 valence electrons. The molecule has 0 saturated carbocycles. The van der Waals surface area contributed by atoms with Gasteiger partial charge in [-0.15, -0.1) is 0 Å². The van der Waals surface area contributed by atoms with E-state index in [1.54, 1.807) is 0 Å². The zero-order valence-corrected chi connectivity index (χ0v) is 10.9. The van der Waals surface area contributed by atoms with E-state index < -0.39 is 22.5 Å². The Morgan fingerprint density at radius 3 is 2.52 bits per heavy atom. The van der Waals surface area contributed by atoms with E-state index in [0.29, 0.717) is 5.56 Å². The Bertz CT molecular complexity index is 732. The number of rotatable bonds is 3. The predicted octanol–water partition coefficient (Wildman–Crippen LogP) is 3.43. The van der Waals surface area contributed by atoms with Crippen LogP contribution in [0.1, 0.15) is 15.9 Å². The van der Waals surface area contributed by atoms with Gasteiger partial charge in [-0.2, -0.15) is 0 Å².